The van der Waals surface area contributed by atoms with Crippen LogP contribution in [0.5, 0.6) is 5.75 Å². The molecule has 0 saturated carbocycles. The van der Waals surface area contributed by atoms with E-state index in [1.54, 1.807) is 32.0 Å². The Balaban J connectivity index is 2.26. The van der Waals surface area contributed by atoms with Crippen LogP contribution >= 0.6 is 0 Å². The molecule has 2 rings (SSSR count). The van der Waals surface area contributed by atoms with Gasteiger partial charge in [0, 0.05) is 0 Å². The molecule has 0 aliphatic heterocycles. The summed E-state index contributed by atoms with van der Waals surface area (Å²) in [5.74, 6) is -2.39. The summed E-state index contributed by atoms with van der Waals surface area (Å²) < 4.78 is 5.59. The molecule has 136 valence electrons. The molecule has 0 aliphatic carbocycles. The zero-order valence-electron chi connectivity index (χ0n) is 14.4. The van der Waals surface area contributed by atoms with E-state index in [1.807, 2.05) is 0 Å². The van der Waals surface area contributed by atoms with Crippen molar-refractivity contribution in [1.82, 2.24) is 0 Å². The first-order chi connectivity index (χ1) is 12.3. The summed E-state index contributed by atoms with van der Waals surface area (Å²) in [4.78, 5) is 34.8. The number of benzene rings is 2. The lowest BCUT2D eigenvalue weighted by atomic mass is 10.0. The summed E-state index contributed by atoms with van der Waals surface area (Å²) in [7, 11) is 0. The summed E-state index contributed by atoms with van der Waals surface area (Å²) in [5.41, 5.74) is 0.623. The van der Waals surface area contributed by atoms with E-state index in [4.69, 9.17) is 9.84 Å². The fraction of sp³-hybridized carbons (Fsp3) is 0.211. The first-order valence-corrected chi connectivity index (χ1v) is 7.93. The Hall–Kier alpha value is -3.35. The number of amides is 1. The first-order valence-electron chi connectivity index (χ1n) is 7.93. The summed E-state index contributed by atoms with van der Waals surface area (Å²) in [5, 5.41) is 20.9. The highest BCUT2D eigenvalue weighted by Crippen LogP contribution is 2.27. The van der Waals surface area contributed by atoms with Crippen molar-refractivity contribution in [2.24, 2.45) is 0 Å². The van der Waals surface area contributed by atoms with Crippen molar-refractivity contribution in [3.05, 3.63) is 59.2 Å². The third kappa shape index (κ3) is 4.83. The number of hydrogen-bond acceptors (Lipinski definition) is 4. The molecule has 1 amide bonds. The Morgan fingerprint density at radius 1 is 1.04 bits per heavy atom. The SMILES string of the molecule is CC(C)Oc1ccc(C(=O)O)cc1NC(=O)Cc1ccccc1C(=O)O. The van der Waals surface area contributed by atoms with E-state index in [-0.39, 0.29) is 29.3 Å². The van der Waals surface area contributed by atoms with Crippen LogP contribution in [0.1, 0.15) is 40.1 Å². The molecule has 3 N–H and O–H groups in total. The average molecular weight is 357 g/mol. The molecule has 0 aliphatic rings. The molecule has 2 aromatic carbocycles. The topological polar surface area (TPSA) is 113 Å². The van der Waals surface area contributed by atoms with Gasteiger partial charge in [0.15, 0.2) is 0 Å². The van der Waals surface area contributed by atoms with Gasteiger partial charge in [-0.15, -0.1) is 0 Å². The van der Waals surface area contributed by atoms with Gasteiger partial charge < -0.3 is 20.3 Å². The summed E-state index contributed by atoms with van der Waals surface area (Å²) in [6.45, 7) is 3.61. The number of carbonyl (C=O) groups is 3. The van der Waals surface area contributed by atoms with E-state index in [1.165, 1.54) is 24.3 Å². The molecule has 0 aromatic heterocycles. The zero-order valence-corrected chi connectivity index (χ0v) is 14.4. The van der Waals surface area contributed by atoms with Crippen molar-refractivity contribution in [1.29, 1.82) is 0 Å². The fourth-order valence-electron chi connectivity index (χ4n) is 2.37. The lowest BCUT2D eigenvalue weighted by Crippen LogP contribution is -2.18. The smallest absolute Gasteiger partial charge is 0.335 e. The molecule has 0 saturated heterocycles. The highest BCUT2D eigenvalue weighted by molar-refractivity contribution is 5.98. The molecule has 7 nitrogen and oxygen atoms in total. The van der Waals surface area contributed by atoms with Gasteiger partial charge >= 0.3 is 11.9 Å². The summed E-state index contributed by atoms with van der Waals surface area (Å²) in [6, 6.07) is 10.4. The Kier molecular flexibility index (Phi) is 5.95. The molecule has 26 heavy (non-hydrogen) atoms. The Bertz CT molecular complexity index is 844. The zero-order chi connectivity index (χ0) is 19.3. The quantitative estimate of drug-likeness (QED) is 0.702. The van der Waals surface area contributed by atoms with Gasteiger partial charge in [-0.25, -0.2) is 9.59 Å². The number of carbonyl (C=O) groups excluding carboxylic acids is 1. The van der Waals surface area contributed by atoms with Gasteiger partial charge in [-0.3, -0.25) is 4.79 Å². The predicted octanol–water partition coefficient (Wildman–Crippen LogP) is 3.05. The maximum absolute atomic E-state index is 12.4. The average Bonchev–Trinajstić information content (AvgIpc) is 2.56. The van der Waals surface area contributed by atoms with Crippen LogP contribution in [0.2, 0.25) is 0 Å². The highest BCUT2D eigenvalue weighted by atomic mass is 16.5. The van der Waals surface area contributed by atoms with Crippen LogP contribution in [0.15, 0.2) is 42.5 Å². The van der Waals surface area contributed by atoms with E-state index in [0.717, 1.165) is 0 Å². The molecule has 0 heterocycles. The molecular formula is C19H19NO6. The number of aromatic carboxylic acids is 2. The van der Waals surface area contributed by atoms with E-state index in [9.17, 15) is 19.5 Å². The minimum absolute atomic E-state index is 0.00217. The van der Waals surface area contributed by atoms with Gasteiger partial charge in [-0.05, 0) is 43.7 Å². The number of carboxylic acids is 2. The second-order valence-corrected chi connectivity index (χ2v) is 5.87. The van der Waals surface area contributed by atoms with Gasteiger partial charge in [0.25, 0.3) is 0 Å². The van der Waals surface area contributed by atoms with Crippen molar-refractivity contribution >= 4 is 23.5 Å². The van der Waals surface area contributed by atoms with E-state index in [0.29, 0.717) is 11.3 Å². The minimum Gasteiger partial charge on any atom is -0.489 e. The van der Waals surface area contributed by atoms with Gasteiger partial charge in [0.1, 0.15) is 5.75 Å². The lowest BCUT2D eigenvalue weighted by molar-refractivity contribution is -0.115. The number of rotatable bonds is 7. The molecule has 2 aromatic rings. The molecular weight excluding hydrogens is 338 g/mol. The molecule has 0 spiro atoms. The summed E-state index contributed by atoms with van der Waals surface area (Å²) in [6.07, 6.45) is -0.338. The van der Waals surface area contributed by atoms with Gasteiger partial charge in [0.05, 0.1) is 29.3 Å². The molecule has 0 fully saturated rings. The van der Waals surface area contributed by atoms with Gasteiger partial charge in [-0.2, -0.15) is 0 Å². The molecule has 0 radical (unpaired) electrons. The Morgan fingerprint density at radius 3 is 2.35 bits per heavy atom. The Morgan fingerprint density at radius 2 is 1.73 bits per heavy atom. The van der Waals surface area contributed by atoms with Crippen LogP contribution < -0.4 is 10.1 Å². The lowest BCUT2D eigenvalue weighted by Gasteiger charge is -2.16. The van der Waals surface area contributed by atoms with Crippen LogP contribution in [0.25, 0.3) is 0 Å². The molecule has 7 heteroatoms. The largest absolute Gasteiger partial charge is 0.489 e. The number of hydrogen-bond donors (Lipinski definition) is 3. The van der Waals surface area contributed by atoms with Crippen molar-refractivity contribution in [2.45, 2.75) is 26.4 Å². The third-order valence-corrected chi connectivity index (χ3v) is 3.46. The number of carboxylic acid groups (broad SMARTS) is 2. The van der Waals surface area contributed by atoms with Gasteiger partial charge in [-0.1, -0.05) is 18.2 Å². The van der Waals surface area contributed by atoms with Crippen LogP contribution in [-0.2, 0) is 11.2 Å². The minimum atomic E-state index is -1.13. The number of nitrogens with one attached hydrogen (secondary N) is 1. The van der Waals surface area contributed by atoms with E-state index in [2.05, 4.69) is 5.32 Å². The predicted molar refractivity (Wildman–Crippen MR) is 94.9 cm³/mol. The van der Waals surface area contributed by atoms with Crippen molar-refractivity contribution in [3.8, 4) is 5.75 Å². The van der Waals surface area contributed by atoms with Crippen LogP contribution in [-0.4, -0.2) is 34.2 Å². The Labute approximate surface area is 150 Å². The maximum Gasteiger partial charge on any atom is 0.335 e. The van der Waals surface area contributed by atoms with Crippen LogP contribution in [0, 0.1) is 0 Å². The normalized spacial score (nSPS) is 10.4. The van der Waals surface area contributed by atoms with Crippen molar-refractivity contribution in [3.63, 3.8) is 0 Å². The summed E-state index contributed by atoms with van der Waals surface area (Å²) >= 11 is 0. The monoisotopic (exact) mass is 357 g/mol. The fourth-order valence-corrected chi connectivity index (χ4v) is 2.37. The second-order valence-electron chi connectivity index (χ2n) is 5.87. The van der Waals surface area contributed by atoms with Crippen molar-refractivity contribution < 1.29 is 29.3 Å². The standard InChI is InChI=1S/C19H19NO6/c1-11(2)26-16-8-7-13(18(22)23)9-15(16)20-17(21)10-12-5-3-4-6-14(12)19(24)25/h3-9,11H,10H2,1-2H3,(H,20,21)(H,22,23)(H,24,25). The maximum atomic E-state index is 12.4. The highest BCUT2D eigenvalue weighted by Gasteiger charge is 2.16. The molecule has 0 unspecified atom stereocenters. The third-order valence-electron chi connectivity index (χ3n) is 3.46. The first kappa shape index (κ1) is 19.0. The number of ether oxygens (including phenoxy) is 1. The van der Waals surface area contributed by atoms with E-state index < -0.39 is 17.8 Å². The molecule has 0 bridgehead atoms. The van der Waals surface area contributed by atoms with E-state index >= 15 is 0 Å². The van der Waals surface area contributed by atoms with Gasteiger partial charge in [0.2, 0.25) is 5.91 Å². The number of anilines is 1. The van der Waals surface area contributed by atoms with Crippen molar-refractivity contribution in [2.75, 3.05) is 5.32 Å². The second kappa shape index (κ2) is 8.15. The van der Waals surface area contributed by atoms with Crippen LogP contribution in [0.4, 0.5) is 5.69 Å². The molecule has 0 atom stereocenters. The van der Waals surface area contributed by atoms with Crippen LogP contribution in [0.3, 0.4) is 0 Å².